The first kappa shape index (κ1) is 15.2. The summed E-state index contributed by atoms with van der Waals surface area (Å²) in [6.07, 6.45) is 5.94. The second-order valence-corrected chi connectivity index (χ2v) is 5.10. The van der Waals surface area contributed by atoms with Crippen molar-refractivity contribution in [2.75, 3.05) is 13.1 Å². The highest BCUT2D eigenvalue weighted by Crippen LogP contribution is 2.16. The van der Waals surface area contributed by atoms with Gasteiger partial charge in [-0.15, -0.1) is 0 Å². The lowest BCUT2D eigenvalue weighted by molar-refractivity contribution is 0.595. The predicted molar refractivity (Wildman–Crippen MR) is 76.6 cm³/mol. The fourth-order valence-corrected chi connectivity index (χ4v) is 2.24. The molecular weight excluding hydrogens is 225 g/mol. The van der Waals surface area contributed by atoms with Crippen LogP contribution in [0.1, 0.15) is 49.3 Å². The molecule has 0 amide bonds. The Labute approximate surface area is 111 Å². The van der Waals surface area contributed by atoms with Crippen LogP contribution in [0.2, 0.25) is 0 Å². The minimum Gasteiger partial charge on any atom is -0.317 e. The summed E-state index contributed by atoms with van der Waals surface area (Å²) in [6, 6.07) is 3.97. The van der Waals surface area contributed by atoms with Crippen LogP contribution >= 0.6 is 0 Å². The van der Waals surface area contributed by atoms with Crippen molar-refractivity contribution < 1.29 is 4.39 Å². The molecule has 0 aromatic heterocycles. The lowest BCUT2D eigenvalue weighted by atomic mass is 10.0. The highest BCUT2D eigenvalue weighted by atomic mass is 19.1. The van der Waals surface area contributed by atoms with Gasteiger partial charge >= 0.3 is 0 Å². The van der Waals surface area contributed by atoms with E-state index in [2.05, 4.69) is 12.2 Å². The van der Waals surface area contributed by atoms with Gasteiger partial charge in [-0.2, -0.15) is 0 Å². The van der Waals surface area contributed by atoms with Gasteiger partial charge in [0.1, 0.15) is 5.82 Å². The first-order valence-corrected chi connectivity index (χ1v) is 7.11. The molecule has 1 nitrogen and oxygen atoms in total. The van der Waals surface area contributed by atoms with Gasteiger partial charge < -0.3 is 5.32 Å². The third-order valence-corrected chi connectivity index (χ3v) is 3.24. The van der Waals surface area contributed by atoms with Gasteiger partial charge in [0.25, 0.3) is 0 Å². The molecule has 1 aromatic carbocycles. The molecule has 1 rings (SSSR count). The smallest absolute Gasteiger partial charge is 0.129 e. The van der Waals surface area contributed by atoms with Gasteiger partial charge in [-0.25, -0.2) is 4.39 Å². The Kier molecular flexibility index (Phi) is 6.96. The third kappa shape index (κ3) is 5.18. The highest BCUT2D eigenvalue weighted by molar-refractivity contribution is 5.30. The second-order valence-electron chi connectivity index (χ2n) is 5.10. The van der Waals surface area contributed by atoms with Crippen molar-refractivity contribution in [3.63, 3.8) is 0 Å². The fourth-order valence-electron chi connectivity index (χ4n) is 2.24. The molecule has 0 unspecified atom stereocenters. The van der Waals surface area contributed by atoms with Crippen molar-refractivity contribution in [2.45, 2.75) is 52.9 Å². The Morgan fingerprint density at radius 3 is 2.28 bits per heavy atom. The molecule has 0 fully saturated rings. The van der Waals surface area contributed by atoms with Crippen molar-refractivity contribution in [3.05, 3.63) is 34.6 Å². The van der Waals surface area contributed by atoms with E-state index in [4.69, 9.17) is 0 Å². The maximum absolute atomic E-state index is 13.5. The summed E-state index contributed by atoms with van der Waals surface area (Å²) < 4.78 is 13.5. The van der Waals surface area contributed by atoms with Crippen LogP contribution in [0.5, 0.6) is 0 Å². The minimum absolute atomic E-state index is 0.0532. The highest BCUT2D eigenvalue weighted by Gasteiger charge is 2.03. The Morgan fingerprint density at radius 2 is 1.67 bits per heavy atom. The number of hydrogen-bond donors (Lipinski definition) is 1. The van der Waals surface area contributed by atoms with E-state index in [0.717, 1.165) is 30.6 Å². The summed E-state index contributed by atoms with van der Waals surface area (Å²) in [5.74, 6) is -0.0532. The number of rotatable bonds is 8. The van der Waals surface area contributed by atoms with Gasteiger partial charge in [0.15, 0.2) is 0 Å². The summed E-state index contributed by atoms with van der Waals surface area (Å²) in [7, 11) is 0. The van der Waals surface area contributed by atoms with E-state index in [-0.39, 0.29) is 5.82 Å². The van der Waals surface area contributed by atoms with E-state index in [0.29, 0.717) is 0 Å². The topological polar surface area (TPSA) is 12.0 Å². The minimum atomic E-state index is -0.0532. The lowest BCUT2D eigenvalue weighted by Gasteiger charge is -2.07. The summed E-state index contributed by atoms with van der Waals surface area (Å²) in [4.78, 5) is 0. The van der Waals surface area contributed by atoms with Crippen LogP contribution < -0.4 is 5.32 Å². The number of aryl methyl sites for hydroxylation is 3. The molecule has 0 aliphatic heterocycles. The molecule has 0 spiro atoms. The van der Waals surface area contributed by atoms with Crippen molar-refractivity contribution in [1.29, 1.82) is 0 Å². The van der Waals surface area contributed by atoms with Gasteiger partial charge in [0.2, 0.25) is 0 Å². The first-order valence-electron chi connectivity index (χ1n) is 7.11. The van der Waals surface area contributed by atoms with Crippen molar-refractivity contribution in [2.24, 2.45) is 0 Å². The zero-order valence-electron chi connectivity index (χ0n) is 12.0. The zero-order chi connectivity index (χ0) is 13.4. The molecule has 0 radical (unpaired) electrons. The van der Waals surface area contributed by atoms with Gasteiger partial charge in [-0.3, -0.25) is 0 Å². The maximum Gasteiger partial charge on any atom is 0.129 e. The standard InChI is InChI=1S/C16H26FN/c1-4-9-18-10-7-5-6-8-15-11-13(2)16(17)14(3)12-15/h11-12,18H,4-10H2,1-3H3. The van der Waals surface area contributed by atoms with Crippen LogP contribution in [0.3, 0.4) is 0 Å². The van der Waals surface area contributed by atoms with E-state index in [9.17, 15) is 4.39 Å². The van der Waals surface area contributed by atoms with Crippen LogP contribution in [0, 0.1) is 19.7 Å². The fraction of sp³-hybridized carbons (Fsp3) is 0.625. The number of halogens is 1. The van der Waals surface area contributed by atoms with Crippen LogP contribution in [0.4, 0.5) is 4.39 Å². The Hall–Kier alpha value is -0.890. The molecule has 102 valence electrons. The van der Waals surface area contributed by atoms with Gasteiger partial charge in [-0.1, -0.05) is 25.5 Å². The lowest BCUT2D eigenvalue weighted by Crippen LogP contribution is -2.15. The molecule has 0 heterocycles. The Bertz CT molecular complexity index is 337. The van der Waals surface area contributed by atoms with Crippen LogP contribution in [0.25, 0.3) is 0 Å². The van der Waals surface area contributed by atoms with E-state index >= 15 is 0 Å². The Morgan fingerprint density at radius 1 is 1.00 bits per heavy atom. The first-order chi connectivity index (χ1) is 8.65. The largest absolute Gasteiger partial charge is 0.317 e. The zero-order valence-corrected chi connectivity index (χ0v) is 12.0. The molecule has 1 aromatic rings. The van der Waals surface area contributed by atoms with Gasteiger partial charge in [0.05, 0.1) is 0 Å². The molecule has 1 N–H and O–H groups in total. The van der Waals surface area contributed by atoms with Gasteiger partial charge in [0, 0.05) is 0 Å². The van der Waals surface area contributed by atoms with E-state index in [1.807, 2.05) is 26.0 Å². The molecule has 0 bridgehead atoms. The van der Waals surface area contributed by atoms with Gasteiger partial charge in [-0.05, 0) is 69.3 Å². The van der Waals surface area contributed by atoms with Crippen molar-refractivity contribution in [1.82, 2.24) is 5.32 Å². The molecule has 2 heteroatoms. The molecule has 18 heavy (non-hydrogen) atoms. The average Bonchev–Trinajstić information content (AvgIpc) is 2.34. The number of unbranched alkanes of at least 4 members (excludes halogenated alkanes) is 2. The molecule has 0 saturated heterocycles. The maximum atomic E-state index is 13.5. The van der Waals surface area contributed by atoms with E-state index < -0.39 is 0 Å². The second kappa shape index (κ2) is 8.25. The van der Waals surface area contributed by atoms with E-state index in [1.54, 1.807) is 0 Å². The summed E-state index contributed by atoms with van der Waals surface area (Å²) in [5, 5.41) is 3.41. The number of benzene rings is 1. The third-order valence-electron chi connectivity index (χ3n) is 3.24. The van der Waals surface area contributed by atoms with Crippen molar-refractivity contribution >= 4 is 0 Å². The summed E-state index contributed by atoms with van der Waals surface area (Å²) in [5.41, 5.74) is 2.82. The number of nitrogens with one attached hydrogen (secondary N) is 1. The van der Waals surface area contributed by atoms with Crippen LogP contribution in [-0.2, 0) is 6.42 Å². The van der Waals surface area contributed by atoms with E-state index in [1.165, 1.54) is 31.2 Å². The molecule has 0 aliphatic carbocycles. The quantitative estimate of drug-likeness (QED) is 0.684. The molecule has 0 atom stereocenters. The number of hydrogen-bond acceptors (Lipinski definition) is 1. The molecule has 0 saturated carbocycles. The normalized spacial score (nSPS) is 10.9. The SMILES string of the molecule is CCCNCCCCCc1cc(C)c(F)c(C)c1. The van der Waals surface area contributed by atoms with Crippen LogP contribution in [-0.4, -0.2) is 13.1 Å². The predicted octanol–water partition coefficient (Wildman–Crippen LogP) is 4.15. The summed E-state index contributed by atoms with van der Waals surface area (Å²) in [6.45, 7) is 8.12. The molecular formula is C16H26FN. The summed E-state index contributed by atoms with van der Waals surface area (Å²) >= 11 is 0. The van der Waals surface area contributed by atoms with Crippen molar-refractivity contribution in [3.8, 4) is 0 Å². The Balaban J connectivity index is 2.23. The monoisotopic (exact) mass is 251 g/mol. The molecule has 0 aliphatic rings. The average molecular weight is 251 g/mol. The van der Waals surface area contributed by atoms with Crippen LogP contribution in [0.15, 0.2) is 12.1 Å².